The van der Waals surface area contributed by atoms with Crippen molar-refractivity contribution in [2.45, 2.75) is 58.1 Å². The van der Waals surface area contributed by atoms with Crippen LogP contribution in [0.4, 0.5) is 0 Å². The van der Waals surface area contributed by atoms with Crippen molar-refractivity contribution in [3.8, 4) is 5.75 Å². The molecule has 1 fully saturated rings. The first kappa shape index (κ1) is 16.8. The first-order chi connectivity index (χ1) is 10.4. The van der Waals surface area contributed by atoms with Crippen molar-refractivity contribution in [3.05, 3.63) is 29.8 Å². The van der Waals surface area contributed by atoms with Gasteiger partial charge in [-0.2, -0.15) is 0 Å². The van der Waals surface area contributed by atoms with Gasteiger partial charge in [0.15, 0.2) is 0 Å². The van der Waals surface area contributed by atoms with Gasteiger partial charge in [-0.05, 0) is 56.7 Å². The maximum atomic E-state index is 12.5. The van der Waals surface area contributed by atoms with Gasteiger partial charge in [0.1, 0.15) is 5.75 Å². The lowest BCUT2D eigenvalue weighted by Crippen LogP contribution is -2.55. The molecule has 1 atom stereocenters. The molecule has 0 aliphatic heterocycles. The zero-order valence-electron chi connectivity index (χ0n) is 13.9. The van der Waals surface area contributed by atoms with E-state index in [1.165, 1.54) is 12.8 Å². The minimum Gasteiger partial charge on any atom is -0.490 e. The third-order valence-corrected chi connectivity index (χ3v) is 4.80. The van der Waals surface area contributed by atoms with Crippen LogP contribution in [0.5, 0.6) is 5.75 Å². The Balaban J connectivity index is 2.06. The molecule has 1 aromatic rings. The zero-order chi connectivity index (χ0) is 16.2. The molecular weight excluding hydrogens is 276 g/mol. The molecule has 122 valence electrons. The largest absolute Gasteiger partial charge is 0.490 e. The minimum atomic E-state index is -0.403. The third-order valence-electron chi connectivity index (χ3n) is 4.80. The molecule has 4 nitrogen and oxygen atoms in total. The normalized spacial score (nSPS) is 18.2. The number of hydrogen-bond donors (Lipinski definition) is 2. The van der Waals surface area contributed by atoms with E-state index in [1.807, 2.05) is 31.2 Å². The van der Waals surface area contributed by atoms with E-state index in [0.29, 0.717) is 18.2 Å². The summed E-state index contributed by atoms with van der Waals surface area (Å²) < 4.78 is 5.97. The predicted octanol–water partition coefficient (Wildman–Crippen LogP) is 3.11. The summed E-state index contributed by atoms with van der Waals surface area (Å²) in [5.74, 6) is 0.941. The number of hydrogen-bond acceptors (Lipinski definition) is 3. The van der Waals surface area contributed by atoms with Crippen LogP contribution in [-0.2, 0) is 0 Å². The predicted molar refractivity (Wildman–Crippen MR) is 89.1 cm³/mol. The highest BCUT2D eigenvalue weighted by atomic mass is 16.5. The lowest BCUT2D eigenvalue weighted by atomic mass is 9.88. The van der Waals surface area contributed by atoms with Crippen molar-refractivity contribution in [2.75, 3.05) is 6.54 Å². The Morgan fingerprint density at radius 1 is 1.41 bits per heavy atom. The average Bonchev–Trinajstić information content (AvgIpc) is 3.00. The summed E-state index contributed by atoms with van der Waals surface area (Å²) in [6.45, 7) is 6.52. The molecule has 1 amide bonds. The molecule has 22 heavy (non-hydrogen) atoms. The Morgan fingerprint density at radius 2 is 2.09 bits per heavy atom. The van der Waals surface area contributed by atoms with Crippen molar-refractivity contribution in [1.29, 1.82) is 0 Å². The quantitative estimate of drug-likeness (QED) is 0.848. The number of nitrogens with one attached hydrogen (secondary N) is 1. The Hall–Kier alpha value is -1.55. The number of amides is 1. The Kier molecular flexibility index (Phi) is 5.46. The van der Waals surface area contributed by atoms with Crippen LogP contribution in [0, 0.1) is 5.92 Å². The summed E-state index contributed by atoms with van der Waals surface area (Å²) >= 11 is 0. The summed E-state index contributed by atoms with van der Waals surface area (Å²) in [6, 6.07) is 7.42. The van der Waals surface area contributed by atoms with Crippen LogP contribution in [0.1, 0.15) is 56.8 Å². The SMILES string of the molecule is CC(C)C(C)(CN)NC(=O)c1cccc(OC2CCCC2)c1. The molecule has 0 heterocycles. The third kappa shape index (κ3) is 4.01. The van der Waals surface area contributed by atoms with Crippen molar-refractivity contribution in [2.24, 2.45) is 11.7 Å². The van der Waals surface area contributed by atoms with Gasteiger partial charge in [0, 0.05) is 12.1 Å². The summed E-state index contributed by atoms with van der Waals surface area (Å²) in [4.78, 5) is 12.5. The fourth-order valence-corrected chi connectivity index (χ4v) is 2.67. The standard InChI is InChI=1S/C18H28N2O2/c1-13(2)18(3,12-19)20-17(21)14-7-6-10-16(11-14)22-15-8-4-5-9-15/h6-7,10-11,13,15H,4-5,8-9,12,19H2,1-3H3,(H,20,21). The number of nitrogens with two attached hydrogens (primary N) is 1. The van der Waals surface area contributed by atoms with Gasteiger partial charge in [-0.15, -0.1) is 0 Å². The summed E-state index contributed by atoms with van der Waals surface area (Å²) in [5, 5.41) is 3.06. The maximum absolute atomic E-state index is 12.5. The van der Waals surface area contributed by atoms with Crippen LogP contribution in [0.15, 0.2) is 24.3 Å². The van der Waals surface area contributed by atoms with E-state index in [4.69, 9.17) is 10.5 Å². The van der Waals surface area contributed by atoms with Crippen molar-refractivity contribution < 1.29 is 9.53 Å². The van der Waals surface area contributed by atoms with Gasteiger partial charge in [-0.3, -0.25) is 4.79 Å². The lowest BCUT2D eigenvalue weighted by Gasteiger charge is -2.33. The first-order valence-electron chi connectivity index (χ1n) is 8.24. The Bertz CT molecular complexity index is 510. The van der Waals surface area contributed by atoms with Crippen LogP contribution in [-0.4, -0.2) is 24.1 Å². The molecule has 1 saturated carbocycles. The summed E-state index contributed by atoms with van der Waals surface area (Å²) in [5.41, 5.74) is 6.05. The topological polar surface area (TPSA) is 64.3 Å². The maximum Gasteiger partial charge on any atom is 0.251 e. The van der Waals surface area contributed by atoms with Crippen molar-refractivity contribution in [3.63, 3.8) is 0 Å². The van der Waals surface area contributed by atoms with Gasteiger partial charge < -0.3 is 15.8 Å². The second-order valence-corrected chi connectivity index (χ2v) is 6.78. The van der Waals surface area contributed by atoms with E-state index in [9.17, 15) is 4.79 Å². The highest BCUT2D eigenvalue weighted by Crippen LogP contribution is 2.25. The van der Waals surface area contributed by atoms with Gasteiger partial charge in [0.2, 0.25) is 0 Å². The van der Waals surface area contributed by atoms with Gasteiger partial charge in [0.25, 0.3) is 5.91 Å². The van der Waals surface area contributed by atoms with Gasteiger partial charge >= 0.3 is 0 Å². The fourth-order valence-electron chi connectivity index (χ4n) is 2.67. The molecule has 2 rings (SSSR count). The second-order valence-electron chi connectivity index (χ2n) is 6.78. The zero-order valence-corrected chi connectivity index (χ0v) is 13.9. The lowest BCUT2D eigenvalue weighted by molar-refractivity contribution is 0.0882. The number of carbonyl (C=O) groups is 1. The molecule has 0 aromatic heterocycles. The van der Waals surface area contributed by atoms with E-state index < -0.39 is 5.54 Å². The Labute approximate surface area is 133 Å². The highest BCUT2D eigenvalue weighted by Gasteiger charge is 2.29. The van der Waals surface area contributed by atoms with Crippen LogP contribution in [0.3, 0.4) is 0 Å². The van der Waals surface area contributed by atoms with Crippen LogP contribution in [0.2, 0.25) is 0 Å². The molecule has 1 unspecified atom stereocenters. The monoisotopic (exact) mass is 304 g/mol. The molecule has 1 aromatic carbocycles. The van der Waals surface area contributed by atoms with Crippen LogP contribution in [0.25, 0.3) is 0 Å². The molecule has 1 aliphatic carbocycles. The van der Waals surface area contributed by atoms with Crippen LogP contribution < -0.4 is 15.8 Å². The van der Waals surface area contributed by atoms with Crippen molar-refractivity contribution in [1.82, 2.24) is 5.32 Å². The smallest absolute Gasteiger partial charge is 0.251 e. The van der Waals surface area contributed by atoms with Crippen molar-refractivity contribution >= 4 is 5.91 Å². The second kappa shape index (κ2) is 7.14. The highest BCUT2D eigenvalue weighted by molar-refractivity contribution is 5.95. The molecular formula is C18H28N2O2. The number of ether oxygens (including phenoxy) is 1. The average molecular weight is 304 g/mol. The number of carbonyl (C=O) groups excluding carboxylic acids is 1. The number of rotatable bonds is 6. The molecule has 0 radical (unpaired) electrons. The van der Waals surface area contributed by atoms with E-state index in [-0.39, 0.29) is 11.8 Å². The molecule has 3 N–H and O–H groups in total. The fraction of sp³-hybridized carbons (Fsp3) is 0.611. The van der Waals surface area contributed by atoms with E-state index in [1.54, 1.807) is 0 Å². The molecule has 1 aliphatic rings. The molecule has 0 spiro atoms. The molecule has 0 bridgehead atoms. The molecule has 0 saturated heterocycles. The Morgan fingerprint density at radius 3 is 2.68 bits per heavy atom. The van der Waals surface area contributed by atoms with Gasteiger partial charge in [-0.1, -0.05) is 19.9 Å². The van der Waals surface area contributed by atoms with Gasteiger partial charge in [0.05, 0.1) is 11.6 Å². The summed E-state index contributed by atoms with van der Waals surface area (Å²) in [6.07, 6.45) is 4.97. The van der Waals surface area contributed by atoms with E-state index in [2.05, 4.69) is 19.2 Å². The first-order valence-corrected chi connectivity index (χ1v) is 8.24. The summed E-state index contributed by atoms with van der Waals surface area (Å²) in [7, 11) is 0. The minimum absolute atomic E-state index is 0.0986. The molecule has 4 heteroatoms. The van der Waals surface area contributed by atoms with Gasteiger partial charge in [-0.25, -0.2) is 0 Å². The van der Waals surface area contributed by atoms with Crippen LogP contribution >= 0.6 is 0 Å². The van der Waals surface area contributed by atoms with E-state index in [0.717, 1.165) is 18.6 Å². The van der Waals surface area contributed by atoms with E-state index >= 15 is 0 Å². The number of benzene rings is 1.